The van der Waals surface area contributed by atoms with Crippen LogP contribution in [0, 0.1) is 5.92 Å². The molecule has 1 atom stereocenters. The zero-order chi connectivity index (χ0) is 13.9. The second-order valence-electron chi connectivity index (χ2n) is 4.85. The van der Waals surface area contributed by atoms with Crippen LogP contribution in [0.5, 0.6) is 0 Å². The van der Waals surface area contributed by atoms with Crippen molar-refractivity contribution in [2.24, 2.45) is 11.7 Å². The second kappa shape index (κ2) is 6.17. The number of hydrogen-bond donors (Lipinski definition) is 2. The van der Waals surface area contributed by atoms with Crippen molar-refractivity contribution in [2.45, 2.75) is 26.3 Å². The van der Waals surface area contributed by atoms with Crippen LogP contribution in [0.15, 0.2) is 27.1 Å². The van der Waals surface area contributed by atoms with Crippen LogP contribution in [0.25, 0.3) is 0 Å². The minimum Gasteiger partial charge on any atom is -0.345 e. The van der Waals surface area contributed by atoms with E-state index < -0.39 is 5.54 Å². The first-order chi connectivity index (χ1) is 8.30. The van der Waals surface area contributed by atoms with Crippen LogP contribution in [0.3, 0.4) is 0 Å². The molecule has 0 heterocycles. The van der Waals surface area contributed by atoms with E-state index in [4.69, 9.17) is 5.73 Å². The van der Waals surface area contributed by atoms with Crippen molar-refractivity contribution in [1.29, 1.82) is 0 Å². The Labute approximate surface area is 125 Å². The zero-order valence-electron chi connectivity index (χ0n) is 10.8. The lowest BCUT2D eigenvalue weighted by atomic mass is 9.88. The lowest BCUT2D eigenvalue weighted by molar-refractivity contribution is 0.0882. The van der Waals surface area contributed by atoms with Crippen molar-refractivity contribution in [3.63, 3.8) is 0 Å². The average Bonchev–Trinajstić information content (AvgIpc) is 2.31. The number of carbonyl (C=O) groups is 1. The van der Waals surface area contributed by atoms with Gasteiger partial charge in [0.1, 0.15) is 0 Å². The molecule has 5 heteroatoms. The molecule has 3 nitrogen and oxygen atoms in total. The van der Waals surface area contributed by atoms with Gasteiger partial charge in [0.05, 0.1) is 11.1 Å². The zero-order valence-corrected chi connectivity index (χ0v) is 13.9. The van der Waals surface area contributed by atoms with E-state index in [2.05, 4.69) is 37.2 Å². The summed E-state index contributed by atoms with van der Waals surface area (Å²) < 4.78 is 1.64. The summed E-state index contributed by atoms with van der Waals surface area (Å²) >= 11 is 6.75. The Morgan fingerprint density at radius 2 is 2.06 bits per heavy atom. The quantitative estimate of drug-likeness (QED) is 0.845. The molecule has 0 aromatic heterocycles. The molecule has 1 aromatic rings. The van der Waals surface area contributed by atoms with Gasteiger partial charge in [0.25, 0.3) is 5.91 Å². The van der Waals surface area contributed by atoms with Gasteiger partial charge < -0.3 is 11.1 Å². The van der Waals surface area contributed by atoms with Crippen molar-refractivity contribution in [1.82, 2.24) is 5.32 Å². The van der Waals surface area contributed by atoms with E-state index in [1.54, 1.807) is 6.07 Å². The smallest absolute Gasteiger partial charge is 0.252 e. The van der Waals surface area contributed by atoms with Crippen LogP contribution in [-0.2, 0) is 0 Å². The minimum absolute atomic E-state index is 0.121. The summed E-state index contributed by atoms with van der Waals surface area (Å²) in [6, 6.07) is 5.51. The molecule has 0 fully saturated rings. The summed E-state index contributed by atoms with van der Waals surface area (Å²) in [5.74, 6) is 0.141. The van der Waals surface area contributed by atoms with E-state index >= 15 is 0 Å². The van der Waals surface area contributed by atoms with Crippen LogP contribution in [-0.4, -0.2) is 18.0 Å². The summed E-state index contributed by atoms with van der Waals surface area (Å²) in [6.07, 6.45) is 0. The SMILES string of the molecule is CC(C)C(C)(CN)NC(=O)c1cc(Br)ccc1Br. The Morgan fingerprint density at radius 1 is 1.44 bits per heavy atom. The molecule has 100 valence electrons. The number of nitrogens with two attached hydrogens (primary N) is 1. The first-order valence-corrected chi connectivity index (χ1v) is 7.36. The lowest BCUT2D eigenvalue weighted by Gasteiger charge is -2.33. The minimum atomic E-state index is -0.404. The van der Waals surface area contributed by atoms with Gasteiger partial charge in [-0.25, -0.2) is 0 Å². The molecule has 0 bridgehead atoms. The fourth-order valence-corrected chi connectivity index (χ4v) is 2.22. The standard InChI is InChI=1S/C13H18Br2N2O/c1-8(2)13(3,7-16)17-12(18)10-6-9(14)4-5-11(10)15/h4-6,8H,7,16H2,1-3H3,(H,17,18). The van der Waals surface area contributed by atoms with Crippen molar-refractivity contribution >= 4 is 37.8 Å². The first kappa shape index (κ1) is 15.7. The molecule has 1 unspecified atom stereocenters. The van der Waals surface area contributed by atoms with E-state index in [1.807, 2.05) is 32.9 Å². The van der Waals surface area contributed by atoms with Crippen LogP contribution < -0.4 is 11.1 Å². The van der Waals surface area contributed by atoms with E-state index in [0.717, 1.165) is 8.95 Å². The number of amides is 1. The molecule has 0 spiro atoms. The Hall–Kier alpha value is -0.390. The van der Waals surface area contributed by atoms with Gasteiger partial charge >= 0.3 is 0 Å². The van der Waals surface area contributed by atoms with E-state index in [1.165, 1.54) is 0 Å². The molecule has 0 aliphatic rings. The monoisotopic (exact) mass is 376 g/mol. The molecule has 3 N–H and O–H groups in total. The normalized spacial score (nSPS) is 14.4. The highest BCUT2D eigenvalue weighted by molar-refractivity contribution is 9.11. The largest absolute Gasteiger partial charge is 0.345 e. The van der Waals surface area contributed by atoms with Gasteiger partial charge in [0.15, 0.2) is 0 Å². The molecule has 0 saturated carbocycles. The molecular weight excluding hydrogens is 360 g/mol. The van der Waals surface area contributed by atoms with Gasteiger partial charge in [-0.15, -0.1) is 0 Å². The summed E-state index contributed by atoms with van der Waals surface area (Å²) in [6.45, 7) is 6.45. The summed E-state index contributed by atoms with van der Waals surface area (Å²) in [4.78, 5) is 12.3. The van der Waals surface area contributed by atoms with Gasteiger partial charge in [-0.3, -0.25) is 4.79 Å². The van der Waals surface area contributed by atoms with Crippen molar-refractivity contribution in [2.75, 3.05) is 6.54 Å². The Bertz CT molecular complexity index is 449. The third-order valence-electron chi connectivity index (χ3n) is 3.27. The molecule has 0 aliphatic carbocycles. The van der Waals surface area contributed by atoms with Crippen LogP contribution in [0.1, 0.15) is 31.1 Å². The van der Waals surface area contributed by atoms with Gasteiger partial charge in [0, 0.05) is 15.5 Å². The highest BCUT2D eigenvalue weighted by Gasteiger charge is 2.29. The van der Waals surface area contributed by atoms with Gasteiger partial charge in [-0.2, -0.15) is 0 Å². The van der Waals surface area contributed by atoms with Crippen molar-refractivity contribution < 1.29 is 4.79 Å². The first-order valence-electron chi connectivity index (χ1n) is 5.78. The summed E-state index contributed by atoms with van der Waals surface area (Å²) in [5, 5.41) is 3.01. The van der Waals surface area contributed by atoms with Crippen LogP contribution >= 0.6 is 31.9 Å². The van der Waals surface area contributed by atoms with Gasteiger partial charge in [-0.05, 0) is 47.0 Å². The third-order valence-corrected chi connectivity index (χ3v) is 4.46. The lowest BCUT2D eigenvalue weighted by Crippen LogP contribution is -2.55. The molecule has 0 aliphatic heterocycles. The highest BCUT2D eigenvalue weighted by atomic mass is 79.9. The van der Waals surface area contributed by atoms with Crippen molar-refractivity contribution in [3.8, 4) is 0 Å². The second-order valence-corrected chi connectivity index (χ2v) is 6.62. The predicted molar refractivity (Wildman–Crippen MR) is 81.6 cm³/mol. The number of rotatable bonds is 4. The molecular formula is C13H18Br2N2O. The number of nitrogens with one attached hydrogen (secondary N) is 1. The van der Waals surface area contributed by atoms with Crippen LogP contribution in [0.4, 0.5) is 0 Å². The molecule has 1 aromatic carbocycles. The summed E-state index contributed by atoms with van der Waals surface area (Å²) in [7, 11) is 0. The number of halogens is 2. The maximum absolute atomic E-state index is 12.3. The van der Waals surface area contributed by atoms with E-state index in [-0.39, 0.29) is 11.8 Å². The number of carbonyl (C=O) groups excluding carboxylic acids is 1. The fourth-order valence-electron chi connectivity index (χ4n) is 1.43. The highest BCUT2D eigenvalue weighted by Crippen LogP contribution is 2.23. The maximum Gasteiger partial charge on any atom is 0.252 e. The number of benzene rings is 1. The Kier molecular flexibility index (Phi) is 5.37. The maximum atomic E-state index is 12.3. The van der Waals surface area contributed by atoms with Crippen molar-refractivity contribution in [3.05, 3.63) is 32.7 Å². The Balaban J connectivity index is 2.98. The molecule has 0 radical (unpaired) electrons. The topological polar surface area (TPSA) is 55.1 Å². The van der Waals surface area contributed by atoms with E-state index in [0.29, 0.717) is 12.1 Å². The predicted octanol–water partition coefficient (Wildman–Crippen LogP) is 3.31. The third kappa shape index (κ3) is 3.56. The summed E-state index contributed by atoms with van der Waals surface area (Å²) in [5.41, 5.74) is 5.96. The van der Waals surface area contributed by atoms with Crippen LogP contribution in [0.2, 0.25) is 0 Å². The van der Waals surface area contributed by atoms with E-state index in [9.17, 15) is 4.79 Å². The number of hydrogen-bond acceptors (Lipinski definition) is 2. The molecule has 18 heavy (non-hydrogen) atoms. The van der Waals surface area contributed by atoms with Gasteiger partial charge in [0.2, 0.25) is 0 Å². The molecule has 1 amide bonds. The average molecular weight is 378 g/mol. The molecule has 1 rings (SSSR count). The van der Waals surface area contributed by atoms with Gasteiger partial charge in [-0.1, -0.05) is 29.8 Å². The fraction of sp³-hybridized carbons (Fsp3) is 0.462. The Morgan fingerprint density at radius 3 is 2.56 bits per heavy atom. The molecule has 0 saturated heterocycles.